The van der Waals surface area contributed by atoms with Crippen molar-refractivity contribution in [1.29, 1.82) is 5.26 Å². The maximum atomic E-state index is 12.1. The Hall–Kier alpha value is -3.28. The van der Waals surface area contributed by atoms with E-state index >= 15 is 0 Å². The van der Waals surface area contributed by atoms with Gasteiger partial charge in [-0.1, -0.05) is 0 Å². The Balaban J connectivity index is 1.92. The monoisotopic (exact) mass is 350 g/mol. The maximum absolute atomic E-state index is 12.1. The summed E-state index contributed by atoms with van der Waals surface area (Å²) in [5.74, 6) is -0.245. The van der Waals surface area contributed by atoms with E-state index in [1.165, 1.54) is 18.3 Å². The van der Waals surface area contributed by atoms with Gasteiger partial charge in [-0.05, 0) is 36.4 Å². The Kier molecular flexibility index (Phi) is 5.44. The van der Waals surface area contributed by atoms with Crippen molar-refractivity contribution in [2.75, 3.05) is 23.8 Å². The normalized spacial score (nSPS) is 10.7. The molecule has 0 fully saturated rings. The first-order chi connectivity index (χ1) is 11.8. The van der Waals surface area contributed by atoms with Gasteiger partial charge in [-0.3, -0.25) is 4.79 Å². The predicted octanol–water partition coefficient (Wildman–Crippen LogP) is 2.93. The second-order valence-corrected chi connectivity index (χ2v) is 4.99. The number of hydrogen-bond donors (Lipinski definition) is 1. The zero-order valence-electron chi connectivity index (χ0n) is 13.0. The third kappa shape index (κ3) is 5.69. The van der Waals surface area contributed by atoms with Gasteiger partial charge in [-0.15, -0.1) is 13.2 Å². The second-order valence-electron chi connectivity index (χ2n) is 4.99. The van der Waals surface area contributed by atoms with E-state index in [0.717, 1.165) is 12.1 Å². The van der Waals surface area contributed by atoms with E-state index in [-0.39, 0.29) is 18.2 Å². The molecule has 0 atom stereocenters. The molecule has 0 aliphatic heterocycles. The van der Waals surface area contributed by atoms with Crippen LogP contribution in [0.15, 0.2) is 42.6 Å². The Morgan fingerprint density at radius 2 is 1.96 bits per heavy atom. The highest BCUT2D eigenvalue weighted by Gasteiger charge is 2.30. The summed E-state index contributed by atoms with van der Waals surface area (Å²) in [6.07, 6.45) is -3.37. The molecule has 0 spiro atoms. The minimum absolute atomic E-state index is 0.0281. The molecule has 1 aromatic carbocycles. The van der Waals surface area contributed by atoms with Crippen molar-refractivity contribution in [2.24, 2.45) is 0 Å². The van der Waals surface area contributed by atoms with Gasteiger partial charge in [0, 0.05) is 18.9 Å². The molecule has 0 unspecified atom stereocenters. The highest BCUT2D eigenvalue weighted by atomic mass is 19.4. The fourth-order valence-electron chi connectivity index (χ4n) is 1.91. The van der Waals surface area contributed by atoms with Gasteiger partial charge >= 0.3 is 6.36 Å². The zero-order chi connectivity index (χ0) is 18.4. The maximum Gasteiger partial charge on any atom is 0.573 e. The second kappa shape index (κ2) is 7.53. The predicted molar refractivity (Wildman–Crippen MR) is 84.0 cm³/mol. The molecule has 1 N–H and O–H groups in total. The third-order valence-corrected chi connectivity index (χ3v) is 3.02. The van der Waals surface area contributed by atoms with Crippen LogP contribution in [0.25, 0.3) is 0 Å². The zero-order valence-corrected chi connectivity index (χ0v) is 13.0. The van der Waals surface area contributed by atoms with Crippen LogP contribution in [0.3, 0.4) is 0 Å². The van der Waals surface area contributed by atoms with E-state index in [0.29, 0.717) is 17.1 Å². The molecule has 6 nitrogen and oxygen atoms in total. The first-order valence-corrected chi connectivity index (χ1v) is 7.00. The van der Waals surface area contributed by atoms with Crippen LogP contribution in [0.1, 0.15) is 5.56 Å². The summed E-state index contributed by atoms with van der Waals surface area (Å²) < 4.78 is 40.0. The number of alkyl halides is 3. The minimum atomic E-state index is -4.76. The van der Waals surface area contributed by atoms with Crippen molar-refractivity contribution in [3.8, 4) is 11.8 Å². The number of anilines is 2. The average molecular weight is 350 g/mol. The molecule has 1 amide bonds. The number of rotatable bonds is 5. The van der Waals surface area contributed by atoms with E-state index in [2.05, 4.69) is 15.0 Å². The number of amides is 1. The largest absolute Gasteiger partial charge is 0.573 e. The molecule has 0 bridgehead atoms. The number of carbonyl (C=O) groups excluding carboxylic acids is 1. The van der Waals surface area contributed by atoms with Crippen molar-refractivity contribution >= 4 is 17.4 Å². The van der Waals surface area contributed by atoms with E-state index in [4.69, 9.17) is 5.26 Å². The van der Waals surface area contributed by atoms with Gasteiger partial charge in [-0.25, -0.2) is 4.98 Å². The summed E-state index contributed by atoms with van der Waals surface area (Å²) in [5.41, 5.74) is 0.739. The fourth-order valence-corrected chi connectivity index (χ4v) is 1.91. The minimum Gasteiger partial charge on any atom is -0.406 e. The van der Waals surface area contributed by atoms with E-state index in [1.54, 1.807) is 24.1 Å². The molecule has 0 aliphatic rings. The fraction of sp³-hybridized carbons (Fsp3) is 0.188. The topological polar surface area (TPSA) is 78.3 Å². The standard InChI is InChI=1S/C16H13F3N4O2/c1-23(14-7-2-11(8-20)9-21-14)10-15(24)22-12-3-5-13(6-4-12)25-16(17,18)19/h2-7,9H,10H2,1H3,(H,22,24). The molecular weight excluding hydrogens is 337 g/mol. The number of pyridine rings is 1. The van der Waals surface area contributed by atoms with Crippen LogP contribution in [0, 0.1) is 11.3 Å². The number of halogens is 3. The van der Waals surface area contributed by atoms with Gasteiger partial charge in [0.2, 0.25) is 5.91 Å². The molecule has 0 radical (unpaired) electrons. The van der Waals surface area contributed by atoms with Gasteiger partial charge in [0.1, 0.15) is 17.6 Å². The molecule has 1 heterocycles. The summed E-state index contributed by atoms with van der Waals surface area (Å²) in [5, 5.41) is 11.3. The first kappa shape index (κ1) is 18.1. The Bertz CT molecular complexity index is 768. The van der Waals surface area contributed by atoms with Crippen LogP contribution in [-0.2, 0) is 4.79 Å². The van der Waals surface area contributed by atoms with Gasteiger partial charge in [0.05, 0.1) is 12.1 Å². The molecule has 2 rings (SSSR count). The molecule has 0 saturated heterocycles. The molecule has 0 saturated carbocycles. The number of benzene rings is 1. The average Bonchev–Trinajstić information content (AvgIpc) is 2.55. The van der Waals surface area contributed by atoms with Crippen molar-refractivity contribution in [3.05, 3.63) is 48.2 Å². The van der Waals surface area contributed by atoms with Crippen LogP contribution >= 0.6 is 0 Å². The van der Waals surface area contributed by atoms with Crippen LogP contribution in [0.5, 0.6) is 5.75 Å². The van der Waals surface area contributed by atoms with Crippen LogP contribution in [-0.4, -0.2) is 30.8 Å². The summed E-state index contributed by atoms with van der Waals surface area (Å²) in [7, 11) is 1.65. The van der Waals surface area contributed by atoms with Crippen molar-refractivity contribution in [2.45, 2.75) is 6.36 Å². The first-order valence-electron chi connectivity index (χ1n) is 7.00. The van der Waals surface area contributed by atoms with Crippen molar-refractivity contribution in [3.63, 3.8) is 0 Å². The number of aromatic nitrogens is 1. The molecule has 2 aromatic rings. The van der Waals surface area contributed by atoms with Crippen molar-refractivity contribution in [1.82, 2.24) is 4.98 Å². The number of carbonyl (C=O) groups is 1. The number of nitrogens with one attached hydrogen (secondary N) is 1. The summed E-state index contributed by atoms with van der Waals surface area (Å²) in [6.45, 7) is -0.0281. The van der Waals surface area contributed by atoms with Gasteiger partial charge in [0.25, 0.3) is 0 Å². The van der Waals surface area contributed by atoms with Crippen LogP contribution in [0.4, 0.5) is 24.7 Å². The number of ether oxygens (including phenoxy) is 1. The van der Waals surface area contributed by atoms with Crippen LogP contribution in [0.2, 0.25) is 0 Å². The lowest BCUT2D eigenvalue weighted by Crippen LogP contribution is -2.30. The molecule has 0 aliphatic carbocycles. The molecule has 9 heteroatoms. The van der Waals surface area contributed by atoms with E-state index in [9.17, 15) is 18.0 Å². The Morgan fingerprint density at radius 1 is 1.28 bits per heavy atom. The number of nitrogens with zero attached hydrogens (tertiary/aromatic N) is 3. The van der Waals surface area contributed by atoms with Crippen molar-refractivity contribution < 1.29 is 22.7 Å². The summed E-state index contributed by atoms with van der Waals surface area (Å²) in [6, 6.07) is 9.95. The van der Waals surface area contributed by atoms with Crippen LogP contribution < -0.4 is 15.0 Å². The number of hydrogen-bond acceptors (Lipinski definition) is 5. The number of likely N-dealkylation sites (N-methyl/N-ethyl adjacent to an activating group) is 1. The van der Waals surface area contributed by atoms with E-state index in [1.807, 2.05) is 6.07 Å². The number of nitriles is 1. The molecule has 130 valence electrons. The summed E-state index contributed by atoms with van der Waals surface area (Å²) in [4.78, 5) is 17.6. The molecule has 1 aromatic heterocycles. The van der Waals surface area contributed by atoms with Gasteiger partial charge < -0.3 is 15.0 Å². The Labute approximate surface area is 141 Å². The lowest BCUT2D eigenvalue weighted by Gasteiger charge is -2.17. The summed E-state index contributed by atoms with van der Waals surface area (Å²) >= 11 is 0. The lowest BCUT2D eigenvalue weighted by atomic mass is 10.3. The van der Waals surface area contributed by atoms with Gasteiger partial charge in [-0.2, -0.15) is 5.26 Å². The van der Waals surface area contributed by atoms with E-state index < -0.39 is 6.36 Å². The SMILES string of the molecule is CN(CC(=O)Nc1ccc(OC(F)(F)F)cc1)c1ccc(C#N)cn1. The molecule has 25 heavy (non-hydrogen) atoms. The highest BCUT2D eigenvalue weighted by Crippen LogP contribution is 2.23. The molecular formula is C16H13F3N4O2. The Morgan fingerprint density at radius 3 is 2.48 bits per heavy atom. The lowest BCUT2D eigenvalue weighted by molar-refractivity contribution is -0.274. The van der Waals surface area contributed by atoms with Gasteiger partial charge in [0.15, 0.2) is 0 Å². The quantitative estimate of drug-likeness (QED) is 0.897. The third-order valence-electron chi connectivity index (χ3n) is 3.02. The smallest absolute Gasteiger partial charge is 0.406 e. The highest BCUT2D eigenvalue weighted by molar-refractivity contribution is 5.93.